The van der Waals surface area contributed by atoms with Gasteiger partial charge in [-0.3, -0.25) is 9.69 Å². The molecule has 0 aromatic heterocycles. The Morgan fingerprint density at radius 1 is 1.26 bits per heavy atom. The molecule has 23 heavy (non-hydrogen) atoms. The van der Waals surface area contributed by atoms with Crippen LogP contribution in [0.3, 0.4) is 0 Å². The van der Waals surface area contributed by atoms with Crippen molar-refractivity contribution in [3.8, 4) is 0 Å². The third-order valence-electron chi connectivity index (χ3n) is 4.60. The molecule has 0 unspecified atom stereocenters. The van der Waals surface area contributed by atoms with Gasteiger partial charge in [0, 0.05) is 26.3 Å². The van der Waals surface area contributed by atoms with Gasteiger partial charge in [-0.15, -0.1) is 0 Å². The molecule has 124 valence electrons. The second kappa shape index (κ2) is 7.00. The van der Waals surface area contributed by atoms with E-state index in [1.165, 1.54) is 4.90 Å². The Morgan fingerprint density at radius 2 is 1.96 bits per heavy atom. The highest BCUT2D eigenvalue weighted by Crippen LogP contribution is 2.27. The molecule has 0 radical (unpaired) electrons. The second-order valence-corrected chi connectivity index (χ2v) is 5.98. The number of hydrogen-bond donors (Lipinski definition) is 0. The third kappa shape index (κ3) is 3.47. The van der Waals surface area contributed by atoms with Crippen LogP contribution in [0.25, 0.3) is 0 Å². The van der Waals surface area contributed by atoms with Gasteiger partial charge in [0.05, 0.1) is 6.04 Å². The van der Waals surface area contributed by atoms with E-state index in [1.54, 1.807) is 11.9 Å². The van der Waals surface area contributed by atoms with E-state index >= 15 is 0 Å². The number of amides is 2. The van der Waals surface area contributed by atoms with Crippen LogP contribution in [0, 0.1) is 0 Å². The second-order valence-electron chi connectivity index (χ2n) is 5.98. The monoisotopic (exact) mass is 318 g/mol. The number of ether oxygens (including phenoxy) is 2. The number of rotatable bonds is 4. The van der Waals surface area contributed by atoms with Crippen molar-refractivity contribution in [1.29, 1.82) is 0 Å². The summed E-state index contributed by atoms with van der Waals surface area (Å²) >= 11 is 0. The summed E-state index contributed by atoms with van der Waals surface area (Å²) in [4.78, 5) is 27.8. The van der Waals surface area contributed by atoms with Crippen molar-refractivity contribution in [2.75, 3.05) is 33.4 Å². The minimum atomic E-state index is -0.424. The van der Waals surface area contributed by atoms with E-state index in [9.17, 15) is 9.59 Å². The molecule has 2 amide bonds. The van der Waals surface area contributed by atoms with Crippen molar-refractivity contribution in [2.45, 2.75) is 24.9 Å². The molecule has 0 bridgehead atoms. The van der Waals surface area contributed by atoms with Crippen LogP contribution >= 0.6 is 0 Å². The lowest BCUT2D eigenvalue weighted by molar-refractivity contribution is -0.134. The third-order valence-corrected chi connectivity index (χ3v) is 4.60. The summed E-state index contributed by atoms with van der Waals surface area (Å²) in [5, 5.41) is 0. The summed E-state index contributed by atoms with van der Waals surface area (Å²) in [6.07, 6.45) is 1.26. The van der Waals surface area contributed by atoms with Crippen molar-refractivity contribution in [1.82, 2.24) is 9.80 Å². The summed E-state index contributed by atoms with van der Waals surface area (Å²) < 4.78 is 10.5. The topological polar surface area (TPSA) is 59.1 Å². The summed E-state index contributed by atoms with van der Waals surface area (Å²) in [5.41, 5.74) is 0.986. The molecule has 0 spiro atoms. The smallest absolute Gasteiger partial charge is 0.410 e. The SMILES string of the molecule is CN(C(=O)CN1C(=O)OC[C@@H]1c1ccccc1)C1CCOCC1. The maximum Gasteiger partial charge on any atom is 0.410 e. The molecular formula is C17H22N2O4. The maximum atomic E-state index is 12.6. The molecule has 1 atom stereocenters. The maximum absolute atomic E-state index is 12.6. The highest BCUT2D eigenvalue weighted by molar-refractivity contribution is 5.83. The Kier molecular flexibility index (Phi) is 4.81. The number of carbonyl (C=O) groups excluding carboxylic acids is 2. The molecule has 0 aliphatic carbocycles. The fourth-order valence-corrected chi connectivity index (χ4v) is 3.11. The standard InChI is InChI=1S/C17H22N2O4/c1-18(14-7-9-22-10-8-14)16(20)11-19-15(12-23-17(19)21)13-5-3-2-4-6-13/h2-6,14-15H,7-12H2,1H3/t15-/m1/s1. The van der Waals surface area contributed by atoms with Gasteiger partial charge in [-0.05, 0) is 18.4 Å². The highest BCUT2D eigenvalue weighted by atomic mass is 16.6. The van der Waals surface area contributed by atoms with Crippen LogP contribution in [-0.4, -0.2) is 61.3 Å². The molecule has 0 saturated carbocycles. The van der Waals surface area contributed by atoms with Gasteiger partial charge in [-0.1, -0.05) is 30.3 Å². The average molecular weight is 318 g/mol. The first kappa shape index (κ1) is 15.8. The van der Waals surface area contributed by atoms with Crippen LogP contribution in [0.1, 0.15) is 24.4 Å². The quantitative estimate of drug-likeness (QED) is 0.849. The lowest BCUT2D eigenvalue weighted by atomic mass is 10.1. The molecular weight excluding hydrogens is 296 g/mol. The summed E-state index contributed by atoms with van der Waals surface area (Å²) in [7, 11) is 1.80. The highest BCUT2D eigenvalue weighted by Gasteiger charge is 2.36. The normalized spacial score (nSPS) is 22.0. The van der Waals surface area contributed by atoms with Gasteiger partial charge in [-0.25, -0.2) is 4.79 Å². The fraction of sp³-hybridized carbons (Fsp3) is 0.529. The number of hydrogen-bond acceptors (Lipinski definition) is 4. The van der Waals surface area contributed by atoms with E-state index in [4.69, 9.17) is 9.47 Å². The largest absolute Gasteiger partial charge is 0.447 e. The van der Waals surface area contributed by atoms with Crippen LogP contribution in [0.4, 0.5) is 4.79 Å². The first-order valence-corrected chi connectivity index (χ1v) is 7.98. The molecule has 1 aromatic carbocycles. The minimum absolute atomic E-state index is 0.0479. The Balaban J connectivity index is 1.67. The Hall–Kier alpha value is -2.08. The minimum Gasteiger partial charge on any atom is -0.447 e. The van der Waals surface area contributed by atoms with Gasteiger partial charge < -0.3 is 14.4 Å². The van der Waals surface area contributed by atoms with E-state index in [0.717, 1.165) is 18.4 Å². The zero-order valence-corrected chi connectivity index (χ0v) is 13.3. The molecule has 2 fully saturated rings. The van der Waals surface area contributed by atoms with Gasteiger partial charge in [0.2, 0.25) is 5.91 Å². The van der Waals surface area contributed by atoms with Crippen molar-refractivity contribution in [2.24, 2.45) is 0 Å². The van der Waals surface area contributed by atoms with Gasteiger partial charge in [-0.2, -0.15) is 0 Å². The molecule has 2 heterocycles. The van der Waals surface area contributed by atoms with Crippen molar-refractivity contribution in [3.63, 3.8) is 0 Å². The Morgan fingerprint density at radius 3 is 2.65 bits per heavy atom. The van der Waals surface area contributed by atoms with Crippen molar-refractivity contribution in [3.05, 3.63) is 35.9 Å². The first-order valence-electron chi connectivity index (χ1n) is 7.98. The van der Waals surface area contributed by atoms with E-state index in [2.05, 4.69) is 0 Å². The summed E-state index contributed by atoms with van der Waals surface area (Å²) in [6, 6.07) is 9.66. The van der Waals surface area contributed by atoms with Crippen LogP contribution in [-0.2, 0) is 14.3 Å². The van der Waals surface area contributed by atoms with Crippen LogP contribution < -0.4 is 0 Å². The Bertz CT molecular complexity index is 557. The van der Waals surface area contributed by atoms with Gasteiger partial charge in [0.25, 0.3) is 0 Å². The first-order chi connectivity index (χ1) is 11.2. The molecule has 0 N–H and O–H groups in total. The Labute approximate surface area is 136 Å². The van der Waals surface area contributed by atoms with Gasteiger partial charge in [0.1, 0.15) is 13.2 Å². The van der Waals surface area contributed by atoms with E-state index < -0.39 is 6.09 Å². The predicted octanol–water partition coefficient (Wildman–Crippen LogP) is 1.82. The number of benzene rings is 1. The average Bonchev–Trinajstić information content (AvgIpc) is 2.96. The van der Waals surface area contributed by atoms with Crippen LogP contribution in [0.5, 0.6) is 0 Å². The molecule has 6 heteroatoms. The van der Waals surface area contributed by atoms with Gasteiger partial charge in [0.15, 0.2) is 0 Å². The lowest BCUT2D eigenvalue weighted by Gasteiger charge is -2.32. The molecule has 6 nitrogen and oxygen atoms in total. The molecule has 2 aliphatic heterocycles. The summed E-state index contributed by atoms with van der Waals surface area (Å²) in [5.74, 6) is -0.0586. The summed E-state index contributed by atoms with van der Waals surface area (Å²) in [6.45, 7) is 1.70. The molecule has 1 aromatic rings. The van der Waals surface area contributed by atoms with Crippen molar-refractivity contribution < 1.29 is 19.1 Å². The number of cyclic esters (lactones) is 1. The molecule has 2 aliphatic rings. The predicted molar refractivity (Wildman–Crippen MR) is 83.8 cm³/mol. The van der Waals surface area contributed by atoms with Crippen molar-refractivity contribution >= 4 is 12.0 Å². The lowest BCUT2D eigenvalue weighted by Crippen LogP contribution is -2.46. The van der Waals surface area contributed by atoms with E-state index in [-0.39, 0.29) is 31.1 Å². The van der Waals surface area contributed by atoms with Gasteiger partial charge >= 0.3 is 6.09 Å². The number of nitrogens with zero attached hydrogens (tertiary/aromatic N) is 2. The fourth-order valence-electron chi connectivity index (χ4n) is 3.11. The molecule has 3 rings (SSSR count). The van der Waals surface area contributed by atoms with E-state index in [1.807, 2.05) is 30.3 Å². The molecule has 2 saturated heterocycles. The van der Waals surface area contributed by atoms with Crippen LogP contribution in [0.15, 0.2) is 30.3 Å². The van der Waals surface area contributed by atoms with Crippen LogP contribution in [0.2, 0.25) is 0 Å². The zero-order valence-electron chi connectivity index (χ0n) is 13.3. The van der Waals surface area contributed by atoms with E-state index in [0.29, 0.717) is 13.2 Å². The number of likely N-dealkylation sites (N-methyl/N-ethyl adjacent to an activating group) is 1. The zero-order chi connectivity index (χ0) is 16.2. The number of carbonyl (C=O) groups is 2.